The molecular weight excluding hydrogens is 382 g/mol. The predicted octanol–water partition coefficient (Wildman–Crippen LogP) is 4.35. The van der Waals surface area contributed by atoms with Gasteiger partial charge < -0.3 is 19.5 Å². The van der Waals surface area contributed by atoms with Gasteiger partial charge in [0.1, 0.15) is 11.4 Å². The summed E-state index contributed by atoms with van der Waals surface area (Å²) in [6.07, 6.45) is -1.20. The van der Waals surface area contributed by atoms with Gasteiger partial charge in [-0.1, -0.05) is 35.9 Å². The second-order valence-corrected chi connectivity index (χ2v) is 8.53. The molecule has 30 heavy (non-hydrogen) atoms. The third kappa shape index (κ3) is 7.19. The lowest BCUT2D eigenvalue weighted by Crippen LogP contribution is -2.36. The number of amides is 1. The molecule has 0 saturated carbocycles. The van der Waals surface area contributed by atoms with Crippen molar-refractivity contribution in [1.29, 1.82) is 0 Å². The predicted molar refractivity (Wildman–Crippen MR) is 116 cm³/mol. The largest absolute Gasteiger partial charge is 0.444 e. The number of hydrogen-bond acceptors (Lipinski definition) is 5. The van der Waals surface area contributed by atoms with Crippen molar-refractivity contribution in [2.24, 2.45) is 0 Å². The molecule has 0 aliphatic rings. The average Bonchev–Trinajstić information content (AvgIpc) is 2.63. The van der Waals surface area contributed by atoms with Crippen LogP contribution >= 0.6 is 0 Å². The van der Waals surface area contributed by atoms with Crippen LogP contribution in [0.2, 0.25) is 0 Å². The van der Waals surface area contributed by atoms with E-state index in [9.17, 15) is 14.7 Å². The van der Waals surface area contributed by atoms with Crippen LogP contribution in [0.3, 0.4) is 0 Å². The number of nitrogens with zero attached hydrogens (tertiary/aromatic N) is 1. The smallest absolute Gasteiger partial charge is 0.410 e. The highest BCUT2D eigenvalue weighted by molar-refractivity contribution is 5.75. The molecule has 2 aromatic rings. The molecule has 1 unspecified atom stereocenters. The number of aliphatic hydroxyl groups excluding tert-OH is 1. The van der Waals surface area contributed by atoms with Crippen molar-refractivity contribution in [2.75, 3.05) is 13.6 Å². The van der Waals surface area contributed by atoms with E-state index in [2.05, 4.69) is 0 Å². The van der Waals surface area contributed by atoms with E-state index >= 15 is 0 Å². The first-order valence-electron chi connectivity index (χ1n) is 9.93. The minimum absolute atomic E-state index is 0.0841. The van der Waals surface area contributed by atoms with Gasteiger partial charge in [0.05, 0.1) is 19.1 Å². The normalized spacial score (nSPS) is 12.2. The molecule has 1 amide bonds. The Hall–Kier alpha value is -2.86. The van der Waals surface area contributed by atoms with Gasteiger partial charge in [-0.15, -0.1) is 0 Å². The van der Waals surface area contributed by atoms with Crippen LogP contribution in [0.15, 0.2) is 42.5 Å². The summed E-state index contributed by atoms with van der Waals surface area (Å²) in [5, 5.41) is 10.4. The zero-order valence-corrected chi connectivity index (χ0v) is 18.6. The first kappa shape index (κ1) is 23.4. The van der Waals surface area contributed by atoms with Crippen LogP contribution in [0, 0.1) is 13.8 Å². The van der Waals surface area contributed by atoms with Gasteiger partial charge in [0, 0.05) is 7.05 Å². The van der Waals surface area contributed by atoms with Crippen molar-refractivity contribution in [3.63, 3.8) is 0 Å². The molecule has 6 nitrogen and oxygen atoms in total. The highest BCUT2D eigenvalue weighted by atomic mass is 16.6. The molecule has 0 saturated heterocycles. The van der Waals surface area contributed by atoms with Crippen LogP contribution in [0.4, 0.5) is 4.79 Å². The molecule has 0 bridgehead atoms. The summed E-state index contributed by atoms with van der Waals surface area (Å²) in [6, 6.07) is 12.6. The van der Waals surface area contributed by atoms with Crippen molar-refractivity contribution in [3.05, 3.63) is 64.7 Å². The minimum atomic E-state index is -0.887. The van der Waals surface area contributed by atoms with Crippen LogP contribution in [-0.2, 0) is 16.0 Å². The zero-order chi connectivity index (χ0) is 22.5. The van der Waals surface area contributed by atoms with E-state index in [1.54, 1.807) is 52.1 Å². The quantitative estimate of drug-likeness (QED) is 0.563. The molecule has 0 aliphatic carbocycles. The summed E-state index contributed by atoms with van der Waals surface area (Å²) in [5.41, 5.74) is 3.15. The van der Waals surface area contributed by atoms with Crippen LogP contribution in [0.25, 0.3) is 0 Å². The number of aryl methyl sites for hydroxylation is 2. The average molecular weight is 414 g/mol. The lowest BCUT2D eigenvalue weighted by atomic mass is 10.0. The molecule has 0 heterocycles. The molecule has 0 radical (unpaired) electrons. The fourth-order valence-electron chi connectivity index (χ4n) is 2.90. The Morgan fingerprint density at radius 1 is 1.07 bits per heavy atom. The van der Waals surface area contributed by atoms with E-state index in [1.165, 1.54) is 4.90 Å². The Morgan fingerprint density at radius 2 is 1.70 bits per heavy atom. The highest BCUT2D eigenvalue weighted by Gasteiger charge is 2.22. The molecule has 0 aromatic heterocycles. The monoisotopic (exact) mass is 413 g/mol. The Labute approximate surface area is 178 Å². The maximum atomic E-state index is 12.2. The van der Waals surface area contributed by atoms with E-state index in [1.807, 2.05) is 32.0 Å². The second kappa shape index (κ2) is 9.76. The molecule has 1 atom stereocenters. The number of esters is 1. The number of benzene rings is 2. The van der Waals surface area contributed by atoms with Crippen LogP contribution in [-0.4, -0.2) is 41.3 Å². The third-order valence-corrected chi connectivity index (χ3v) is 4.48. The van der Waals surface area contributed by atoms with Gasteiger partial charge in [-0.2, -0.15) is 0 Å². The fraction of sp³-hybridized carbons (Fsp3) is 0.417. The summed E-state index contributed by atoms with van der Waals surface area (Å²) < 4.78 is 10.7. The van der Waals surface area contributed by atoms with Crippen molar-refractivity contribution in [2.45, 2.75) is 52.7 Å². The highest BCUT2D eigenvalue weighted by Crippen LogP contribution is 2.20. The number of carbonyl (C=O) groups excluding carboxylic acids is 2. The van der Waals surface area contributed by atoms with Gasteiger partial charge in [0.15, 0.2) is 0 Å². The van der Waals surface area contributed by atoms with Crippen LogP contribution in [0.1, 0.15) is 49.1 Å². The molecule has 0 fully saturated rings. The Kier molecular flexibility index (Phi) is 7.62. The minimum Gasteiger partial charge on any atom is -0.444 e. The number of aliphatic hydroxyl groups is 1. The number of hydrogen-bond donors (Lipinski definition) is 1. The van der Waals surface area contributed by atoms with Crippen molar-refractivity contribution >= 4 is 12.1 Å². The number of likely N-dealkylation sites (N-methyl/N-ethyl adjacent to an activating group) is 1. The summed E-state index contributed by atoms with van der Waals surface area (Å²) in [6.45, 7) is 9.43. The van der Waals surface area contributed by atoms with Gasteiger partial charge >= 0.3 is 12.1 Å². The van der Waals surface area contributed by atoms with Gasteiger partial charge in [0.2, 0.25) is 0 Å². The molecule has 6 heteroatoms. The first-order chi connectivity index (χ1) is 13.9. The lowest BCUT2D eigenvalue weighted by Gasteiger charge is -2.26. The van der Waals surface area contributed by atoms with E-state index in [4.69, 9.17) is 9.47 Å². The maximum absolute atomic E-state index is 12.2. The maximum Gasteiger partial charge on any atom is 0.410 e. The van der Waals surface area contributed by atoms with Crippen LogP contribution in [0.5, 0.6) is 5.75 Å². The molecule has 2 aromatic carbocycles. The number of ether oxygens (including phenoxy) is 2. The van der Waals surface area contributed by atoms with E-state index in [0.29, 0.717) is 11.3 Å². The van der Waals surface area contributed by atoms with Crippen molar-refractivity contribution in [3.8, 4) is 5.75 Å². The van der Waals surface area contributed by atoms with E-state index in [0.717, 1.165) is 16.7 Å². The third-order valence-electron chi connectivity index (χ3n) is 4.48. The molecule has 0 aliphatic heterocycles. The van der Waals surface area contributed by atoms with Crippen molar-refractivity contribution in [1.82, 2.24) is 4.90 Å². The second-order valence-electron chi connectivity index (χ2n) is 8.53. The molecular formula is C24H31NO5. The zero-order valence-electron chi connectivity index (χ0n) is 18.6. The summed E-state index contributed by atoms with van der Waals surface area (Å²) >= 11 is 0. The molecule has 2 rings (SSSR count). The molecule has 162 valence electrons. The fourth-order valence-corrected chi connectivity index (χ4v) is 2.90. The first-order valence-corrected chi connectivity index (χ1v) is 9.93. The van der Waals surface area contributed by atoms with Gasteiger partial charge in [0.25, 0.3) is 0 Å². The topological polar surface area (TPSA) is 76.1 Å². The Balaban J connectivity index is 1.92. The van der Waals surface area contributed by atoms with Gasteiger partial charge in [-0.3, -0.25) is 4.79 Å². The molecule has 1 N–H and O–H groups in total. The summed E-state index contributed by atoms with van der Waals surface area (Å²) in [7, 11) is 1.57. The standard InChI is InChI=1S/C24H31NO5/c1-16-7-8-19(17(2)13-16)14-22(27)29-20-11-9-18(10-12-20)21(26)15-25(6)23(28)30-24(3,4)5/h7-13,21,26H,14-15H2,1-6H3. The van der Waals surface area contributed by atoms with E-state index in [-0.39, 0.29) is 18.9 Å². The van der Waals surface area contributed by atoms with Crippen LogP contribution < -0.4 is 4.74 Å². The SMILES string of the molecule is Cc1ccc(CC(=O)Oc2ccc(C(O)CN(C)C(=O)OC(C)(C)C)cc2)c(C)c1. The Morgan fingerprint density at radius 3 is 2.27 bits per heavy atom. The number of carbonyl (C=O) groups is 2. The molecule has 0 spiro atoms. The van der Waals surface area contributed by atoms with Gasteiger partial charge in [-0.25, -0.2) is 4.79 Å². The van der Waals surface area contributed by atoms with E-state index < -0.39 is 17.8 Å². The number of rotatable bonds is 6. The van der Waals surface area contributed by atoms with Crippen molar-refractivity contribution < 1.29 is 24.2 Å². The van der Waals surface area contributed by atoms with Gasteiger partial charge in [-0.05, 0) is 63.4 Å². The summed E-state index contributed by atoms with van der Waals surface area (Å²) in [5.74, 6) is 0.0566. The Bertz CT molecular complexity index is 883. The lowest BCUT2D eigenvalue weighted by molar-refractivity contribution is -0.133. The summed E-state index contributed by atoms with van der Waals surface area (Å²) in [4.78, 5) is 25.6.